The standard InChI is InChI=1S/C15H16OS2/c1-17-15(18-2)13-9-8-12(14(13)16)10-11-6-4-3-5-7-11/h3-7,10H,8-9H2,1-2H3/b12-10-. The highest BCUT2D eigenvalue weighted by atomic mass is 32.2. The van der Waals surface area contributed by atoms with Crippen LogP contribution in [0.25, 0.3) is 6.08 Å². The fourth-order valence-electron chi connectivity index (χ4n) is 2.09. The molecule has 1 fully saturated rings. The maximum Gasteiger partial charge on any atom is 0.186 e. The molecule has 1 aromatic carbocycles. The van der Waals surface area contributed by atoms with E-state index in [4.69, 9.17) is 0 Å². The number of ketones is 1. The Kier molecular flexibility index (Phi) is 4.72. The SMILES string of the molecule is CSC(SC)=C1CC/C(=C/c2ccccc2)C1=O. The van der Waals surface area contributed by atoms with E-state index in [0.29, 0.717) is 0 Å². The van der Waals surface area contributed by atoms with E-state index < -0.39 is 0 Å². The number of Topliss-reactive ketones (excluding diaryl/α,β-unsaturated/α-hetero) is 1. The molecule has 0 radical (unpaired) electrons. The summed E-state index contributed by atoms with van der Waals surface area (Å²) < 4.78 is 1.16. The Morgan fingerprint density at radius 1 is 1.11 bits per heavy atom. The van der Waals surface area contributed by atoms with Gasteiger partial charge < -0.3 is 0 Å². The quantitative estimate of drug-likeness (QED) is 0.763. The van der Waals surface area contributed by atoms with E-state index in [1.165, 1.54) is 0 Å². The van der Waals surface area contributed by atoms with Gasteiger partial charge in [0.2, 0.25) is 0 Å². The van der Waals surface area contributed by atoms with E-state index in [1.807, 2.05) is 48.9 Å². The summed E-state index contributed by atoms with van der Waals surface area (Å²) in [6, 6.07) is 10.1. The molecule has 1 aromatic rings. The van der Waals surface area contributed by atoms with Crippen molar-refractivity contribution in [3.63, 3.8) is 0 Å². The van der Waals surface area contributed by atoms with Gasteiger partial charge in [0, 0.05) is 15.4 Å². The Hall–Kier alpha value is -0.930. The molecule has 94 valence electrons. The summed E-state index contributed by atoms with van der Waals surface area (Å²) in [6.07, 6.45) is 7.84. The van der Waals surface area contributed by atoms with Gasteiger partial charge >= 0.3 is 0 Å². The largest absolute Gasteiger partial charge is 0.289 e. The molecule has 0 atom stereocenters. The molecule has 0 aliphatic heterocycles. The molecule has 0 unspecified atom stereocenters. The fraction of sp³-hybridized carbons (Fsp3) is 0.267. The number of hydrogen-bond acceptors (Lipinski definition) is 3. The van der Waals surface area contributed by atoms with Gasteiger partial charge in [0.05, 0.1) is 0 Å². The minimum Gasteiger partial charge on any atom is -0.289 e. The normalized spacial score (nSPS) is 17.6. The Bertz CT molecular complexity index is 494. The number of thioether (sulfide) groups is 2. The topological polar surface area (TPSA) is 17.1 Å². The molecule has 0 heterocycles. The second-order valence-electron chi connectivity index (χ2n) is 4.08. The van der Waals surface area contributed by atoms with Crippen molar-refractivity contribution in [2.24, 2.45) is 0 Å². The van der Waals surface area contributed by atoms with E-state index in [2.05, 4.69) is 0 Å². The lowest BCUT2D eigenvalue weighted by atomic mass is 10.1. The number of carbonyl (C=O) groups is 1. The van der Waals surface area contributed by atoms with Crippen LogP contribution >= 0.6 is 23.5 Å². The highest BCUT2D eigenvalue weighted by Gasteiger charge is 2.25. The minimum atomic E-state index is 0.234. The van der Waals surface area contributed by atoms with Gasteiger partial charge in [-0.3, -0.25) is 4.79 Å². The van der Waals surface area contributed by atoms with E-state index in [9.17, 15) is 4.79 Å². The third-order valence-corrected chi connectivity index (χ3v) is 5.20. The fourth-order valence-corrected chi connectivity index (χ4v) is 3.64. The van der Waals surface area contributed by atoms with Crippen LogP contribution in [0.5, 0.6) is 0 Å². The first-order chi connectivity index (χ1) is 8.76. The molecule has 0 bridgehead atoms. The van der Waals surface area contributed by atoms with Gasteiger partial charge in [-0.05, 0) is 37.0 Å². The van der Waals surface area contributed by atoms with E-state index in [0.717, 1.165) is 33.8 Å². The van der Waals surface area contributed by atoms with Gasteiger partial charge in [-0.2, -0.15) is 0 Å². The summed E-state index contributed by atoms with van der Waals surface area (Å²) in [7, 11) is 0. The van der Waals surface area contributed by atoms with Crippen LogP contribution in [-0.2, 0) is 4.79 Å². The van der Waals surface area contributed by atoms with E-state index >= 15 is 0 Å². The van der Waals surface area contributed by atoms with Crippen LogP contribution in [0.2, 0.25) is 0 Å². The predicted octanol–water partition coefficient (Wildman–Crippen LogP) is 4.37. The van der Waals surface area contributed by atoms with Crippen LogP contribution < -0.4 is 0 Å². The molecular weight excluding hydrogens is 260 g/mol. The zero-order chi connectivity index (χ0) is 13.0. The number of carbonyl (C=O) groups excluding carboxylic acids is 1. The molecule has 18 heavy (non-hydrogen) atoms. The zero-order valence-corrected chi connectivity index (χ0v) is 12.2. The molecule has 2 rings (SSSR count). The van der Waals surface area contributed by atoms with Gasteiger partial charge in [0.1, 0.15) is 0 Å². The summed E-state index contributed by atoms with van der Waals surface area (Å²) in [5.41, 5.74) is 3.05. The van der Waals surface area contributed by atoms with Crippen molar-refractivity contribution < 1.29 is 4.79 Å². The molecule has 0 saturated heterocycles. The molecule has 1 aliphatic carbocycles. The summed E-state index contributed by atoms with van der Waals surface area (Å²) in [6.45, 7) is 0. The maximum absolute atomic E-state index is 12.3. The maximum atomic E-state index is 12.3. The average molecular weight is 276 g/mol. The van der Waals surface area contributed by atoms with E-state index in [-0.39, 0.29) is 5.78 Å². The van der Waals surface area contributed by atoms with Crippen molar-refractivity contribution in [2.75, 3.05) is 12.5 Å². The summed E-state index contributed by atoms with van der Waals surface area (Å²) in [5.74, 6) is 0.234. The van der Waals surface area contributed by atoms with Gasteiger partial charge in [0.25, 0.3) is 0 Å². The first-order valence-corrected chi connectivity index (χ1v) is 8.32. The van der Waals surface area contributed by atoms with Crippen LogP contribution in [-0.4, -0.2) is 18.3 Å². The third kappa shape index (κ3) is 2.90. The van der Waals surface area contributed by atoms with Crippen LogP contribution in [0.3, 0.4) is 0 Å². The van der Waals surface area contributed by atoms with Crippen LogP contribution in [0.4, 0.5) is 0 Å². The highest BCUT2D eigenvalue weighted by molar-refractivity contribution is 8.21. The second kappa shape index (κ2) is 6.30. The zero-order valence-electron chi connectivity index (χ0n) is 10.6. The number of hydrogen-bond donors (Lipinski definition) is 0. The van der Waals surface area contributed by atoms with Crippen molar-refractivity contribution >= 4 is 35.4 Å². The molecule has 0 amide bonds. The highest BCUT2D eigenvalue weighted by Crippen LogP contribution is 2.37. The lowest BCUT2D eigenvalue weighted by Gasteiger charge is -2.03. The molecule has 0 spiro atoms. The predicted molar refractivity (Wildman–Crippen MR) is 82.7 cm³/mol. The van der Waals surface area contributed by atoms with Crippen molar-refractivity contribution in [1.29, 1.82) is 0 Å². The van der Waals surface area contributed by atoms with Gasteiger partial charge in [-0.15, -0.1) is 23.5 Å². The number of benzene rings is 1. The van der Waals surface area contributed by atoms with Gasteiger partial charge in [-0.1, -0.05) is 30.3 Å². The second-order valence-corrected chi connectivity index (χ2v) is 5.98. The van der Waals surface area contributed by atoms with Crippen molar-refractivity contribution in [3.8, 4) is 0 Å². The lowest BCUT2D eigenvalue weighted by Crippen LogP contribution is -1.97. The van der Waals surface area contributed by atoms with Crippen LogP contribution in [0.1, 0.15) is 18.4 Å². The third-order valence-electron chi connectivity index (χ3n) is 2.97. The lowest BCUT2D eigenvalue weighted by molar-refractivity contribution is -0.111. The smallest absolute Gasteiger partial charge is 0.186 e. The molecule has 1 saturated carbocycles. The summed E-state index contributed by atoms with van der Waals surface area (Å²) >= 11 is 3.35. The average Bonchev–Trinajstić information content (AvgIpc) is 2.75. The molecule has 0 aromatic heterocycles. The van der Waals surface area contributed by atoms with Gasteiger partial charge in [-0.25, -0.2) is 0 Å². The van der Waals surface area contributed by atoms with Crippen molar-refractivity contribution in [3.05, 3.63) is 51.3 Å². The molecule has 3 heteroatoms. The first kappa shape index (κ1) is 13.5. The molecule has 0 N–H and O–H groups in total. The number of allylic oxidation sites excluding steroid dienone is 2. The Labute approximate surface area is 117 Å². The van der Waals surface area contributed by atoms with E-state index in [1.54, 1.807) is 23.5 Å². The van der Waals surface area contributed by atoms with Crippen molar-refractivity contribution in [2.45, 2.75) is 12.8 Å². The Morgan fingerprint density at radius 2 is 1.78 bits per heavy atom. The van der Waals surface area contributed by atoms with Crippen LogP contribution in [0, 0.1) is 0 Å². The van der Waals surface area contributed by atoms with Crippen LogP contribution in [0.15, 0.2) is 45.7 Å². The Morgan fingerprint density at radius 3 is 2.39 bits per heavy atom. The number of rotatable bonds is 3. The first-order valence-electron chi connectivity index (χ1n) is 5.87. The molecular formula is C15H16OS2. The van der Waals surface area contributed by atoms with Crippen molar-refractivity contribution in [1.82, 2.24) is 0 Å². The van der Waals surface area contributed by atoms with Gasteiger partial charge in [0.15, 0.2) is 5.78 Å². The minimum absolute atomic E-state index is 0.234. The Balaban J connectivity index is 2.28. The monoisotopic (exact) mass is 276 g/mol. The summed E-state index contributed by atoms with van der Waals surface area (Å²) in [5, 5.41) is 0. The molecule has 1 nitrogen and oxygen atoms in total. The summed E-state index contributed by atoms with van der Waals surface area (Å²) in [4.78, 5) is 12.3. The molecule has 1 aliphatic rings.